The molecule has 4 heteroatoms. The molecule has 0 aliphatic carbocycles. The molecule has 1 amide bonds. The minimum atomic E-state index is -0.00255. The topological polar surface area (TPSA) is 58.7 Å². The second-order valence-corrected chi connectivity index (χ2v) is 5.14. The van der Waals surface area contributed by atoms with Gasteiger partial charge in [-0.2, -0.15) is 5.10 Å². The van der Waals surface area contributed by atoms with E-state index in [2.05, 4.69) is 25.9 Å². The molecule has 0 bridgehead atoms. The van der Waals surface area contributed by atoms with Crippen LogP contribution in [0.2, 0.25) is 0 Å². The number of nitrogens with zero attached hydrogens (tertiary/aromatic N) is 2. The molecule has 0 fully saturated rings. The third kappa shape index (κ3) is 3.80. The maximum absolute atomic E-state index is 12.2. The normalized spacial score (nSPS) is 20.3. The van der Waals surface area contributed by atoms with E-state index in [1.165, 1.54) is 0 Å². The number of amides is 1. The molecule has 17 heavy (non-hydrogen) atoms. The third-order valence-corrected chi connectivity index (χ3v) is 2.95. The largest absolute Gasteiger partial charge is 0.330 e. The van der Waals surface area contributed by atoms with Gasteiger partial charge in [0.25, 0.3) is 5.91 Å². The highest BCUT2D eigenvalue weighted by Gasteiger charge is 2.34. The average Bonchev–Trinajstić information content (AvgIpc) is 2.53. The Morgan fingerprint density at radius 1 is 1.47 bits per heavy atom. The van der Waals surface area contributed by atoms with Crippen LogP contribution in [0.25, 0.3) is 0 Å². The van der Waals surface area contributed by atoms with Crippen LogP contribution in [0.4, 0.5) is 0 Å². The average molecular weight is 239 g/mol. The van der Waals surface area contributed by atoms with Crippen LogP contribution in [-0.4, -0.2) is 29.7 Å². The van der Waals surface area contributed by atoms with Gasteiger partial charge in [0.2, 0.25) is 0 Å². The lowest BCUT2D eigenvalue weighted by Gasteiger charge is -2.16. The predicted octanol–water partition coefficient (Wildman–Crippen LogP) is 2.00. The minimum absolute atomic E-state index is 0.00255. The summed E-state index contributed by atoms with van der Waals surface area (Å²) in [5.74, 6) is 0.631. The van der Waals surface area contributed by atoms with Gasteiger partial charge in [-0.3, -0.25) is 4.79 Å². The van der Waals surface area contributed by atoms with E-state index in [1.807, 2.05) is 0 Å². The minimum Gasteiger partial charge on any atom is -0.330 e. The van der Waals surface area contributed by atoms with E-state index >= 15 is 0 Å². The molecule has 0 saturated carbocycles. The van der Waals surface area contributed by atoms with Gasteiger partial charge in [-0.05, 0) is 31.7 Å². The zero-order valence-corrected chi connectivity index (χ0v) is 11.3. The second kappa shape index (κ2) is 6.74. The summed E-state index contributed by atoms with van der Waals surface area (Å²) in [7, 11) is 0. The Labute approximate surface area is 104 Å². The van der Waals surface area contributed by atoms with Crippen molar-refractivity contribution in [3.8, 4) is 0 Å². The molecule has 1 unspecified atom stereocenters. The van der Waals surface area contributed by atoms with Crippen molar-refractivity contribution < 1.29 is 4.79 Å². The van der Waals surface area contributed by atoms with Crippen LogP contribution in [0.3, 0.4) is 0 Å². The van der Waals surface area contributed by atoms with Gasteiger partial charge in [0.05, 0.1) is 11.6 Å². The summed E-state index contributed by atoms with van der Waals surface area (Å²) >= 11 is 0. The summed E-state index contributed by atoms with van der Waals surface area (Å²) in [6, 6.07) is 0. The van der Waals surface area contributed by atoms with Crippen LogP contribution in [-0.2, 0) is 4.79 Å². The number of carbonyl (C=O) groups is 1. The lowest BCUT2D eigenvalue weighted by molar-refractivity contribution is -0.132. The van der Waals surface area contributed by atoms with Crippen LogP contribution in [0.15, 0.2) is 5.10 Å². The van der Waals surface area contributed by atoms with Gasteiger partial charge >= 0.3 is 0 Å². The first kappa shape index (κ1) is 14.2. The number of hydrazone groups is 1. The van der Waals surface area contributed by atoms with Gasteiger partial charge < -0.3 is 5.73 Å². The summed E-state index contributed by atoms with van der Waals surface area (Å²) in [6.07, 6.45) is 3.72. The number of hydrogen-bond donors (Lipinski definition) is 1. The van der Waals surface area contributed by atoms with Crippen molar-refractivity contribution >= 4 is 11.6 Å². The fourth-order valence-corrected chi connectivity index (χ4v) is 2.17. The molecule has 1 aliphatic rings. The highest BCUT2D eigenvalue weighted by atomic mass is 16.2. The Balaban J connectivity index is 2.69. The summed E-state index contributed by atoms with van der Waals surface area (Å²) in [5, 5.41) is 6.16. The van der Waals surface area contributed by atoms with Gasteiger partial charge in [0.1, 0.15) is 0 Å². The summed E-state index contributed by atoms with van der Waals surface area (Å²) < 4.78 is 0. The molecular formula is C13H25N3O. The molecule has 98 valence electrons. The first-order valence-corrected chi connectivity index (χ1v) is 6.69. The van der Waals surface area contributed by atoms with Crippen molar-refractivity contribution in [3.63, 3.8) is 0 Å². The number of rotatable bonds is 7. The summed E-state index contributed by atoms with van der Waals surface area (Å²) in [5.41, 5.74) is 6.58. The Morgan fingerprint density at radius 3 is 2.71 bits per heavy atom. The van der Waals surface area contributed by atoms with E-state index < -0.39 is 0 Å². The van der Waals surface area contributed by atoms with Crippen LogP contribution < -0.4 is 5.73 Å². The zero-order valence-electron chi connectivity index (χ0n) is 11.3. The van der Waals surface area contributed by atoms with E-state index in [-0.39, 0.29) is 11.8 Å². The standard InChI is InChI=1S/C13H25N3O/c1-4-6-12-11(7-5-8-14)13(17)16(15-12)9-10(2)3/h10-11H,4-9,14H2,1-3H3. The predicted molar refractivity (Wildman–Crippen MR) is 70.7 cm³/mol. The van der Waals surface area contributed by atoms with Crippen molar-refractivity contribution in [2.24, 2.45) is 22.7 Å². The van der Waals surface area contributed by atoms with E-state index in [0.29, 0.717) is 12.5 Å². The molecular weight excluding hydrogens is 214 g/mol. The molecule has 0 aromatic heterocycles. The molecule has 1 heterocycles. The molecule has 4 nitrogen and oxygen atoms in total. The van der Waals surface area contributed by atoms with Gasteiger partial charge in [0, 0.05) is 6.54 Å². The molecule has 1 atom stereocenters. The number of nitrogens with two attached hydrogens (primary N) is 1. The Hall–Kier alpha value is -0.900. The van der Waals surface area contributed by atoms with Gasteiger partial charge in [0.15, 0.2) is 0 Å². The highest BCUT2D eigenvalue weighted by molar-refractivity contribution is 6.07. The van der Waals surface area contributed by atoms with Gasteiger partial charge in [-0.1, -0.05) is 27.2 Å². The number of carbonyl (C=O) groups excluding carboxylic acids is 1. The Morgan fingerprint density at radius 2 is 2.18 bits per heavy atom. The smallest absolute Gasteiger partial charge is 0.251 e. The van der Waals surface area contributed by atoms with E-state index in [1.54, 1.807) is 5.01 Å². The second-order valence-electron chi connectivity index (χ2n) is 5.14. The molecule has 1 aliphatic heterocycles. The first-order chi connectivity index (χ1) is 8.10. The van der Waals surface area contributed by atoms with E-state index in [4.69, 9.17) is 5.73 Å². The molecule has 0 radical (unpaired) electrons. The maximum Gasteiger partial charge on any atom is 0.251 e. The monoisotopic (exact) mass is 239 g/mol. The first-order valence-electron chi connectivity index (χ1n) is 6.69. The molecule has 0 saturated heterocycles. The zero-order chi connectivity index (χ0) is 12.8. The van der Waals surface area contributed by atoms with Crippen LogP contribution in [0.5, 0.6) is 0 Å². The van der Waals surface area contributed by atoms with Crippen LogP contribution >= 0.6 is 0 Å². The molecule has 2 N–H and O–H groups in total. The fraction of sp³-hybridized carbons (Fsp3) is 0.846. The maximum atomic E-state index is 12.2. The van der Waals surface area contributed by atoms with E-state index in [0.717, 1.165) is 37.9 Å². The van der Waals surface area contributed by atoms with Crippen LogP contribution in [0, 0.1) is 11.8 Å². The Bertz CT molecular complexity index is 286. The molecule has 0 spiro atoms. The molecule has 0 aromatic rings. The fourth-order valence-electron chi connectivity index (χ4n) is 2.17. The van der Waals surface area contributed by atoms with Crippen molar-refractivity contribution in [2.75, 3.05) is 13.1 Å². The summed E-state index contributed by atoms with van der Waals surface area (Å²) in [6.45, 7) is 7.71. The van der Waals surface area contributed by atoms with Crippen molar-refractivity contribution in [2.45, 2.75) is 46.5 Å². The molecule has 0 aromatic carbocycles. The number of hydrogen-bond acceptors (Lipinski definition) is 3. The van der Waals surface area contributed by atoms with Crippen molar-refractivity contribution in [1.82, 2.24) is 5.01 Å². The third-order valence-electron chi connectivity index (χ3n) is 2.95. The lowest BCUT2D eigenvalue weighted by atomic mass is 9.94. The van der Waals surface area contributed by atoms with Crippen molar-refractivity contribution in [1.29, 1.82) is 0 Å². The van der Waals surface area contributed by atoms with Gasteiger partial charge in [-0.25, -0.2) is 5.01 Å². The highest BCUT2D eigenvalue weighted by Crippen LogP contribution is 2.23. The quantitative estimate of drug-likeness (QED) is 0.738. The SMILES string of the molecule is CCCC1=NN(CC(C)C)C(=O)C1CCCN. The van der Waals surface area contributed by atoms with Crippen molar-refractivity contribution in [3.05, 3.63) is 0 Å². The lowest BCUT2D eigenvalue weighted by Crippen LogP contribution is -2.30. The van der Waals surface area contributed by atoms with E-state index in [9.17, 15) is 4.79 Å². The molecule has 1 rings (SSSR count). The summed E-state index contributed by atoms with van der Waals surface area (Å²) in [4.78, 5) is 12.2. The van der Waals surface area contributed by atoms with Crippen LogP contribution in [0.1, 0.15) is 46.5 Å². The van der Waals surface area contributed by atoms with Gasteiger partial charge in [-0.15, -0.1) is 0 Å². The Kier molecular flexibility index (Phi) is 5.62.